The maximum absolute atomic E-state index is 13.7. The fourth-order valence-corrected chi connectivity index (χ4v) is 5.17. The predicted octanol–water partition coefficient (Wildman–Crippen LogP) is 4.47. The molecule has 0 bridgehead atoms. The molecule has 0 spiro atoms. The van der Waals surface area contributed by atoms with Gasteiger partial charge in [-0.05, 0) is 38.0 Å². The Morgan fingerprint density at radius 3 is 2.61 bits per heavy atom. The van der Waals surface area contributed by atoms with Crippen LogP contribution in [-0.4, -0.2) is 44.4 Å². The molecule has 3 aromatic rings. The molecule has 1 aromatic carbocycles. The van der Waals surface area contributed by atoms with E-state index in [1.54, 1.807) is 20.2 Å². The molecule has 11 heteroatoms. The summed E-state index contributed by atoms with van der Waals surface area (Å²) < 4.78 is 57.8. The van der Waals surface area contributed by atoms with Crippen molar-refractivity contribution < 1.29 is 17.6 Å². The summed E-state index contributed by atoms with van der Waals surface area (Å²) in [6.07, 6.45) is -2.34. The average Bonchev–Trinajstić information content (AvgIpc) is 3.25. The minimum absolute atomic E-state index is 0.0363. The van der Waals surface area contributed by atoms with Gasteiger partial charge in [0.2, 0.25) is 0 Å². The van der Waals surface area contributed by atoms with Crippen molar-refractivity contribution in [3.8, 4) is 6.07 Å². The van der Waals surface area contributed by atoms with E-state index in [0.29, 0.717) is 42.3 Å². The van der Waals surface area contributed by atoms with E-state index in [1.807, 2.05) is 24.8 Å². The van der Waals surface area contributed by atoms with Gasteiger partial charge in [0.1, 0.15) is 17.9 Å². The Labute approximate surface area is 206 Å². The molecule has 7 nitrogen and oxygen atoms in total. The summed E-state index contributed by atoms with van der Waals surface area (Å²) in [6, 6.07) is 5.54. The van der Waals surface area contributed by atoms with Crippen molar-refractivity contribution in [3.05, 3.63) is 57.8 Å². The lowest BCUT2D eigenvalue weighted by Gasteiger charge is -2.49. The molecule has 0 N–H and O–H groups in total. The number of alkyl halides is 3. The third-order valence-electron chi connectivity index (χ3n) is 7.10. The lowest BCUT2D eigenvalue weighted by molar-refractivity contribution is -0.139. The topological polar surface area (TPSA) is 70.1 Å². The van der Waals surface area contributed by atoms with Gasteiger partial charge in [0.25, 0.3) is 5.56 Å². The number of nitrogens with zero attached hydrogens (tertiary/aromatic N) is 6. The second-order valence-corrected chi connectivity index (χ2v) is 9.31. The Hall–Kier alpha value is -3.39. The highest BCUT2D eigenvalue weighted by Gasteiger charge is 2.40. The molecule has 192 valence electrons. The summed E-state index contributed by atoms with van der Waals surface area (Å²) >= 11 is 0. The molecule has 1 aliphatic rings. The van der Waals surface area contributed by atoms with E-state index in [2.05, 4.69) is 10.00 Å². The van der Waals surface area contributed by atoms with Crippen molar-refractivity contribution in [2.24, 2.45) is 7.05 Å². The second-order valence-electron chi connectivity index (χ2n) is 9.31. The molecule has 1 fully saturated rings. The summed E-state index contributed by atoms with van der Waals surface area (Å²) in [4.78, 5) is 16.8. The van der Waals surface area contributed by atoms with Gasteiger partial charge in [0.05, 0.1) is 29.0 Å². The van der Waals surface area contributed by atoms with Gasteiger partial charge in [-0.2, -0.15) is 23.5 Å². The second kappa shape index (κ2) is 9.58. The zero-order valence-electron chi connectivity index (χ0n) is 20.6. The smallest absolute Gasteiger partial charge is 0.364 e. The van der Waals surface area contributed by atoms with E-state index in [1.165, 1.54) is 21.4 Å². The van der Waals surface area contributed by atoms with Crippen LogP contribution in [0.2, 0.25) is 0 Å². The standard InChI is InChI=1S/C25H28F4N6O/c1-5-18-13-34(21-11-23(36)32(4)22-14-33(9-8-30)31-24(21)22)15(2)12-35(18)16(3)19-7-6-17(26)10-20(19)25(27,28)29/h6-7,10-11,14-16,18H,5,9,12-13H2,1-4H3/t15-,16?,18+/m0/s1. The van der Waals surface area contributed by atoms with Gasteiger partial charge >= 0.3 is 6.18 Å². The Balaban J connectivity index is 1.71. The summed E-state index contributed by atoms with van der Waals surface area (Å²) in [5.41, 5.74) is 0.691. The van der Waals surface area contributed by atoms with Crippen molar-refractivity contribution in [2.75, 3.05) is 18.0 Å². The number of aryl methyl sites for hydroxylation is 1. The summed E-state index contributed by atoms with van der Waals surface area (Å²) in [5, 5.41) is 13.6. The Kier molecular flexibility index (Phi) is 6.84. The molecule has 0 radical (unpaired) electrons. The summed E-state index contributed by atoms with van der Waals surface area (Å²) in [5.74, 6) is -0.922. The highest BCUT2D eigenvalue weighted by atomic mass is 19.4. The molecule has 3 heterocycles. The first-order valence-electron chi connectivity index (χ1n) is 11.8. The average molecular weight is 505 g/mol. The first kappa shape index (κ1) is 25.7. The number of nitriles is 1. The Morgan fingerprint density at radius 1 is 1.25 bits per heavy atom. The summed E-state index contributed by atoms with van der Waals surface area (Å²) in [6.45, 7) is 6.58. The van der Waals surface area contributed by atoms with E-state index in [9.17, 15) is 22.4 Å². The van der Waals surface area contributed by atoms with Gasteiger partial charge in [0.15, 0.2) is 0 Å². The van der Waals surface area contributed by atoms with Crippen LogP contribution >= 0.6 is 0 Å². The normalized spacial score (nSPS) is 20.0. The third kappa shape index (κ3) is 4.57. The molecule has 0 aliphatic carbocycles. The highest BCUT2D eigenvalue weighted by molar-refractivity contribution is 5.88. The number of fused-ring (bicyclic) bond motifs is 1. The van der Waals surface area contributed by atoms with Gasteiger partial charge in [-0.15, -0.1) is 0 Å². The largest absolute Gasteiger partial charge is 0.416 e. The minimum Gasteiger partial charge on any atom is -0.364 e. The monoisotopic (exact) mass is 504 g/mol. The number of rotatable bonds is 5. The van der Waals surface area contributed by atoms with Crippen LogP contribution in [0.4, 0.5) is 23.2 Å². The van der Waals surface area contributed by atoms with E-state index < -0.39 is 23.6 Å². The van der Waals surface area contributed by atoms with Crippen LogP contribution in [0.25, 0.3) is 11.0 Å². The number of hydrogen-bond donors (Lipinski definition) is 0. The number of anilines is 1. The number of pyridine rings is 1. The van der Waals surface area contributed by atoms with Gasteiger partial charge in [-0.1, -0.05) is 13.0 Å². The van der Waals surface area contributed by atoms with Crippen molar-refractivity contribution in [1.82, 2.24) is 19.2 Å². The van der Waals surface area contributed by atoms with Crippen molar-refractivity contribution >= 4 is 16.7 Å². The third-order valence-corrected chi connectivity index (χ3v) is 7.10. The molecule has 2 aromatic heterocycles. The lowest BCUT2D eigenvalue weighted by Crippen LogP contribution is -2.58. The van der Waals surface area contributed by atoms with Gasteiger partial charge < -0.3 is 9.47 Å². The molecular weight excluding hydrogens is 476 g/mol. The van der Waals surface area contributed by atoms with Crippen LogP contribution < -0.4 is 10.5 Å². The van der Waals surface area contributed by atoms with E-state index in [0.717, 1.165) is 6.07 Å². The number of halogens is 4. The molecular formula is C25H28F4N6O. The van der Waals surface area contributed by atoms with Crippen molar-refractivity contribution in [2.45, 2.75) is 58.0 Å². The first-order valence-corrected chi connectivity index (χ1v) is 11.8. The molecule has 3 atom stereocenters. The van der Waals surface area contributed by atoms with E-state index in [4.69, 9.17) is 5.26 Å². The molecule has 1 aliphatic heterocycles. The van der Waals surface area contributed by atoms with Gasteiger partial charge in [-0.3, -0.25) is 14.4 Å². The number of hydrogen-bond acceptors (Lipinski definition) is 5. The molecule has 0 amide bonds. The molecule has 0 saturated carbocycles. The zero-order chi connectivity index (χ0) is 26.4. The van der Waals surface area contributed by atoms with Crippen molar-refractivity contribution in [1.29, 1.82) is 5.26 Å². The molecule has 1 unspecified atom stereocenters. The van der Waals surface area contributed by atoms with Gasteiger partial charge in [-0.25, -0.2) is 4.39 Å². The molecule has 36 heavy (non-hydrogen) atoms. The predicted molar refractivity (Wildman–Crippen MR) is 128 cm³/mol. The minimum atomic E-state index is -4.67. The summed E-state index contributed by atoms with van der Waals surface area (Å²) in [7, 11) is 1.64. The maximum atomic E-state index is 13.7. The van der Waals surface area contributed by atoms with Crippen LogP contribution in [0.3, 0.4) is 0 Å². The Bertz CT molecular complexity index is 1370. The lowest BCUT2D eigenvalue weighted by atomic mass is 9.95. The zero-order valence-corrected chi connectivity index (χ0v) is 20.6. The number of piperazine rings is 1. The van der Waals surface area contributed by atoms with Crippen LogP contribution in [0.5, 0.6) is 0 Å². The van der Waals surface area contributed by atoms with Crippen molar-refractivity contribution in [3.63, 3.8) is 0 Å². The fourth-order valence-electron chi connectivity index (χ4n) is 5.17. The SMILES string of the molecule is CC[C@@H]1CN(c2cc(=O)n(C)c3cn(CC#N)nc23)[C@@H](C)CN1C(C)c1ccc(F)cc1C(F)(F)F. The first-order chi connectivity index (χ1) is 17.0. The van der Waals surface area contributed by atoms with Crippen LogP contribution in [0.1, 0.15) is 44.4 Å². The highest BCUT2D eigenvalue weighted by Crippen LogP contribution is 2.39. The quantitative estimate of drug-likeness (QED) is 0.480. The van der Waals surface area contributed by atoms with E-state index in [-0.39, 0.29) is 29.8 Å². The number of benzene rings is 1. The Morgan fingerprint density at radius 2 is 1.97 bits per heavy atom. The molecule has 1 saturated heterocycles. The van der Waals surface area contributed by atoms with Crippen LogP contribution in [-0.2, 0) is 19.8 Å². The van der Waals surface area contributed by atoms with E-state index >= 15 is 0 Å². The number of aromatic nitrogens is 3. The van der Waals surface area contributed by atoms with Gasteiger partial charge in [0, 0.05) is 44.3 Å². The van der Waals surface area contributed by atoms with Crippen LogP contribution in [0, 0.1) is 17.1 Å². The fraction of sp³-hybridized carbons (Fsp3) is 0.480. The van der Waals surface area contributed by atoms with Crippen LogP contribution in [0.15, 0.2) is 35.3 Å². The maximum Gasteiger partial charge on any atom is 0.416 e. The molecule has 4 rings (SSSR count).